The predicted molar refractivity (Wildman–Crippen MR) is 128 cm³/mol. The van der Waals surface area contributed by atoms with Crippen LogP contribution >= 0.6 is 0 Å². The van der Waals surface area contributed by atoms with Gasteiger partial charge in [0.25, 0.3) is 0 Å². The number of Topliss-reactive ketones (excluding diaryl/α,β-unsaturated/α-hetero) is 1. The second-order valence-electron chi connectivity index (χ2n) is 5.21. The van der Waals surface area contributed by atoms with Gasteiger partial charge in [0.1, 0.15) is 18.3 Å². The van der Waals surface area contributed by atoms with Gasteiger partial charge in [0.15, 0.2) is 0 Å². The average molecular weight is 379 g/mol. The highest BCUT2D eigenvalue weighted by atomic mass is 16.5. The molecule has 1 aromatic carbocycles. The number of ketones is 1. The summed E-state index contributed by atoms with van der Waals surface area (Å²) in [6, 6.07) is 9.97. The minimum Gasteiger partial charge on any atom is -0.478 e. The topological polar surface area (TPSA) is 29.5 Å². The van der Waals surface area contributed by atoms with Crippen LogP contribution in [0.4, 0.5) is 0 Å². The van der Waals surface area contributed by atoms with Crippen molar-refractivity contribution >= 4 is 22.6 Å². The van der Waals surface area contributed by atoms with Gasteiger partial charge in [0.05, 0.1) is 0 Å². The van der Waals surface area contributed by atoms with Gasteiger partial charge in [0, 0.05) is 29.8 Å². The molecule has 0 unspecified atom stereocenters. The van der Waals surface area contributed by atoms with Crippen molar-refractivity contribution in [3.8, 4) is 5.75 Å². The van der Waals surface area contributed by atoms with Crippen LogP contribution in [0.25, 0.3) is 0 Å². The molecule has 6 radical (unpaired) electrons. The van der Waals surface area contributed by atoms with Gasteiger partial charge >= 0.3 is 0 Å². The van der Waals surface area contributed by atoms with Gasteiger partial charge in [-0.15, -0.1) is 0 Å². The molecule has 0 saturated heterocycles. The normalized spacial score (nSPS) is 7.74. The molecule has 0 atom stereocenters. The molecular formula is C22H47B2NO2. The highest BCUT2D eigenvalue weighted by Crippen LogP contribution is 2.09. The Morgan fingerprint density at radius 2 is 1.41 bits per heavy atom. The molecule has 0 spiro atoms. The van der Waals surface area contributed by atoms with Crippen molar-refractivity contribution in [2.24, 2.45) is 5.92 Å². The second kappa shape index (κ2) is 32.5. The van der Waals surface area contributed by atoms with E-state index in [0.717, 1.165) is 18.8 Å². The SMILES string of the molecule is C.C.C.CC.CCC(C)=O.CCN(COc1ccccc1)CC(C)C.[B].[B]. The Bertz CT molecular complexity index is 361. The molecule has 5 heteroatoms. The number of rotatable bonds is 7. The summed E-state index contributed by atoms with van der Waals surface area (Å²) >= 11 is 0. The van der Waals surface area contributed by atoms with Crippen molar-refractivity contribution in [3.05, 3.63) is 30.3 Å². The van der Waals surface area contributed by atoms with Gasteiger partial charge in [-0.25, -0.2) is 0 Å². The van der Waals surface area contributed by atoms with Crippen molar-refractivity contribution in [3.63, 3.8) is 0 Å². The molecule has 1 aromatic rings. The summed E-state index contributed by atoms with van der Waals surface area (Å²) < 4.78 is 5.69. The van der Waals surface area contributed by atoms with Gasteiger partial charge in [-0.2, -0.15) is 0 Å². The maximum absolute atomic E-state index is 9.81. The Morgan fingerprint density at radius 3 is 1.70 bits per heavy atom. The molecule has 1 rings (SSSR count). The van der Waals surface area contributed by atoms with Crippen LogP contribution in [0, 0.1) is 5.92 Å². The van der Waals surface area contributed by atoms with Gasteiger partial charge in [0.2, 0.25) is 0 Å². The fourth-order valence-electron chi connectivity index (χ4n) is 1.47. The Kier molecular flexibility index (Phi) is 53.9. The molecule has 0 aliphatic rings. The maximum Gasteiger partial charge on any atom is 0.142 e. The highest BCUT2D eigenvalue weighted by molar-refractivity contribution is 5.76. The average Bonchev–Trinajstić information content (AvgIpc) is 2.54. The Labute approximate surface area is 176 Å². The maximum atomic E-state index is 9.81. The molecule has 3 nitrogen and oxygen atoms in total. The number of carbonyl (C=O) groups is 1. The number of benzene rings is 1. The number of ether oxygens (including phenoxy) is 1. The third-order valence-electron chi connectivity index (χ3n) is 2.73. The van der Waals surface area contributed by atoms with Crippen molar-refractivity contribution in [1.29, 1.82) is 0 Å². The van der Waals surface area contributed by atoms with Gasteiger partial charge in [-0.3, -0.25) is 4.90 Å². The predicted octanol–water partition coefficient (Wildman–Crippen LogP) is 6.16. The molecule has 0 aliphatic carbocycles. The zero-order valence-electron chi connectivity index (χ0n) is 16.7. The van der Waals surface area contributed by atoms with E-state index >= 15 is 0 Å². The number of para-hydroxylation sites is 1. The molecule has 0 N–H and O–H groups in total. The molecule has 0 saturated carbocycles. The zero-order valence-corrected chi connectivity index (χ0v) is 16.7. The van der Waals surface area contributed by atoms with E-state index in [1.807, 2.05) is 51.1 Å². The quantitative estimate of drug-likeness (QED) is 0.420. The molecule has 0 amide bonds. The van der Waals surface area contributed by atoms with E-state index in [0.29, 0.717) is 19.1 Å². The van der Waals surface area contributed by atoms with Crippen LogP contribution in [0.15, 0.2) is 30.3 Å². The van der Waals surface area contributed by atoms with E-state index < -0.39 is 0 Å². The van der Waals surface area contributed by atoms with Crippen LogP contribution in [0.2, 0.25) is 0 Å². The minimum atomic E-state index is 0. The summed E-state index contributed by atoms with van der Waals surface area (Å²) in [6.07, 6.45) is 0.667. The van der Waals surface area contributed by atoms with E-state index in [4.69, 9.17) is 4.74 Å². The van der Waals surface area contributed by atoms with E-state index in [9.17, 15) is 4.79 Å². The summed E-state index contributed by atoms with van der Waals surface area (Å²) in [5.74, 6) is 1.88. The van der Waals surface area contributed by atoms with Crippen LogP contribution < -0.4 is 4.74 Å². The summed E-state index contributed by atoms with van der Waals surface area (Å²) in [7, 11) is 0. The van der Waals surface area contributed by atoms with Gasteiger partial charge < -0.3 is 9.53 Å². The standard InChI is InChI=1S/C13H21NO.C4H8O.C2H6.3CH4.2B/c1-4-14(10-12(2)3)11-15-13-8-6-5-7-9-13;1-3-4(2)5;1-2;;;;;/h5-9,12H,4,10-11H2,1-3H3;3H2,1-2H3;1-2H3;3*1H4;;. The third kappa shape index (κ3) is 32.9. The monoisotopic (exact) mass is 379 g/mol. The third-order valence-corrected chi connectivity index (χ3v) is 2.73. The highest BCUT2D eigenvalue weighted by Gasteiger charge is 2.05. The second-order valence-corrected chi connectivity index (χ2v) is 5.21. The molecule has 0 heterocycles. The lowest BCUT2D eigenvalue weighted by atomic mass is 10.2. The Hall–Kier alpha value is -1.22. The molecule has 27 heavy (non-hydrogen) atoms. The first kappa shape index (κ1) is 44.9. The molecular weight excluding hydrogens is 332 g/mol. The first-order valence-electron chi connectivity index (χ1n) is 8.39. The summed E-state index contributed by atoms with van der Waals surface area (Å²) in [5.41, 5.74) is 0. The number of nitrogens with zero attached hydrogens (tertiary/aromatic N) is 1. The van der Waals surface area contributed by atoms with Crippen molar-refractivity contribution in [2.75, 3.05) is 19.8 Å². The molecule has 0 aliphatic heterocycles. The van der Waals surface area contributed by atoms with Crippen LogP contribution in [-0.4, -0.2) is 47.3 Å². The van der Waals surface area contributed by atoms with E-state index in [2.05, 4.69) is 25.7 Å². The largest absolute Gasteiger partial charge is 0.478 e. The Balaban J connectivity index is -0.0000000589. The van der Waals surface area contributed by atoms with Crippen LogP contribution in [-0.2, 0) is 4.79 Å². The molecule has 0 fully saturated rings. The smallest absolute Gasteiger partial charge is 0.142 e. The van der Waals surface area contributed by atoms with Crippen LogP contribution in [0.1, 0.15) is 77.2 Å². The number of hydrogen-bond acceptors (Lipinski definition) is 3. The van der Waals surface area contributed by atoms with Gasteiger partial charge in [-0.1, -0.05) is 82.0 Å². The lowest BCUT2D eigenvalue weighted by Crippen LogP contribution is -2.31. The fourth-order valence-corrected chi connectivity index (χ4v) is 1.47. The lowest BCUT2D eigenvalue weighted by molar-refractivity contribution is -0.116. The molecule has 158 valence electrons. The first-order valence-corrected chi connectivity index (χ1v) is 8.39. The summed E-state index contributed by atoms with van der Waals surface area (Å²) in [4.78, 5) is 12.1. The van der Waals surface area contributed by atoms with Crippen LogP contribution in [0.3, 0.4) is 0 Å². The van der Waals surface area contributed by atoms with E-state index in [1.165, 1.54) is 0 Å². The Morgan fingerprint density at radius 1 is 1.00 bits per heavy atom. The molecule has 0 bridgehead atoms. The molecule has 0 aromatic heterocycles. The van der Waals surface area contributed by atoms with Crippen molar-refractivity contribution in [1.82, 2.24) is 4.90 Å². The minimum absolute atomic E-state index is 0. The van der Waals surface area contributed by atoms with Crippen LogP contribution in [0.5, 0.6) is 5.75 Å². The van der Waals surface area contributed by atoms with Gasteiger partial charge in [-0.05, 0) is 31.5 Å². The first-order chi connectivity index (χ1) is 10.5. The fraction of sp³-hybridized carbons (Fsp3) is 0.682. The number of hydrogen-bond donors (Lipinski definition) is 0. The summed E-state index contributed by atoms with van der Waals surface area (Å²) in [6.45, 7) is 16.8. The zero-order chi connectivity index (χ0) is 17.4. The number of carbonyl (C=O) groups excluding carboxylic acids is 1. The summed E-state index contributed by atoms with van der Waals surface area (Å²) in [5, 5.41) is 0. The van der Waals surface area contributed by atoms with E-state index in [-0.39, 0.29) is 44.9 Å². The van der Waals surface area contributed by atoms with Crippen molar-refractivity contribution in [2.45, 2.75) is 77.2 Å². The van der Waals surface area contributed by atoms with Crippen molar-refractivity contribution < 1.29 is 9.53 Å². The lowest BCUT2D eigenvalue weighted by Gasteiger charge is -2.22. The van der Waals surface area contributed by atoms with E-state index in [1.54, 1.807) is 6.92 Å².